The number of carbonyl (C=O) groups is 1. The Balaban J connectivity index is 1.92. The van der Waals surface area contributed by atoms with E-state index in [9.17, 15) is 13.2 Å². The van der Waals surface area contributed by atoms with Crippen LogP contribution < -0.4 is 4.68 Å². The van der Waals surface area contributed by atoms with Gasteiger partial charge in [0.1, 0.15) is 0 Å². The average Bonchev–Trinajstić information content (AvgIpc) is 3.11. The number of esters is 1. The molecule has 0 bridgehead atoms. The fourth-order valence-corrected chi connectivity index (χ4v) is 3.55. The second-order valence-electron chi connectivity index (χ2n) is 6.47. The van der Waals surface area contributed by atoms with Gasteiger partial charge in [0, 0.05) is 24.5 Å². The number of aryl methyl sites for hydroxylation is 2. The first kappa shape index (κ1) is 19.8. The number of H-pyrrole nitrogens is 1. The number of benzene rings is 2. The van der Waals surface area contributed by atoms with Crippen LogP contribution in [0.4, 0.5) is 0 Å². The Morgan fingerprint density at radius 3 is 2.32 bits per heavy atom. The summed E-state index contributed by atoms with van der Waals surface area (Å²) < 4.78 is 30.2. The highest BCUT2D eigenvalue weighted by Gasteiger charge is 2.27. The van der Waals surface area contributed by atoms with E-state index in [4.69, 9.17) is 4.74 Å². The summed E-state index contributed by atoms with van der Waals surface area (Å²) in [5.41, 5.74) is 3.12. The molecule has 0 radical (unpaired) electrons. The minimum atomic E-state index is -3.28. The molecule has 1 heterocycles. The van der Waals surface area contributed by atoms with Gasteiger partial charge in [0.15, 0.2) is 9.84 Å². The van der Waals surface area contributed by atoms with E-state index in [1.165, 1.54) is 17.7 Å². The van der Waals surface area contributed by atoms with Crippen LogP contribution in [0.2, 0.25) is 0 Å². The molecule has 28 heavy (non-hydrogen) atoms. The molecule has 0 saturated heterocycles. The van der Waals surface area contributed by atoms with Crippen LogP contribution in [0.5, 0.6) is 0 Å². The summed E-state index contributed by atoms with van der Waals surface area (Å²) in [5.74, 6) is -0.433. The van der Waals surface area contributed by atoms with Crippen molar-refractivity contribution in [2.24, 2.45) is 0 Å². The molecule has 146 valence electrons. The molecule has 0 fully saturated rings. The average molecular weight is 399 g/mol. The van der Waals surface area contributed by atoms with Crippen molar-refractivity contribution >= 4 is 15.8 Å². The van der Waals surface area contributed by atoms with Gasteiger partial charge in [-0.2, -0.15) is 5.10 Å². The quantitative estimate of drug-likeness (QED) is 0.489. The Morgan fingerprint density at radius 1 is 1.04 bits per heavy atom. The van der Waals surface area contributed by atoms with Crippen molar-refractivity contribution in [2.75, 3.05) is 12.9 Å². The van der Waals surface area contributed by atoms with Gasteiger partial charge < -0.3 is 4.74 Å². The van der Waals surface area contributed by atoms with Gasteiger partial charge in [0.2, 0.25) is 5.69 Å². The first-order valence-electron chi connectivity index (χ1n) is 9.04. The smallest absolute Gasteiger partial charge is 0.406 e. The molecular weight excluding hydrogens is 376 g/mol. The van der Waals surface area contributed by atoms with E-state index in [1.54, 1.807) is 29.8 Å². The molecule has 0 aliphatic rings. The number of carbonyl (C=O) groups excluding carboxylic acids is 1. The van der Waals surface area contributed by atoms with Crippen LogP contribution in [0, 0.1) is 0 Å². The summed E-state index contributed by atoms with van der Waals surface area (Å²) in [7, 11) is -3.28. The predicted molar refractivity (Wildman–Crippen MR) is 105 cm³/mol. The van der Waals surface area contributed by atoms with Crippen LogP contribution in [-0.4, -0.2) is 32.3 Å². The lowest BCUT2D eigenvalue weighted by atomic mass is 10.1. The van der Waals surface area contributed by atoms with Crippen molar-refractivity contribution in [3.05, 3.63) is 77.6 Å². The number of ether oxygens (including phenoxy) is 1. The van der Waals surface area contributed by atoms with Gasteiger partial charge in [0.05, 0.1) is 17.2 Å². The summed E-state index contributed by atoms with van der Waals surface area (Å²) in [6.45, 7) is 2.03. The van der Waals surface area contributed by atoms with E-state index in [-0.39, 0.29) is 11.5 Å². The minimum absolute atomic E-state index is 0.227. The summed E-state index contributed by atoms with van der Waals surface area (Å²) >= 11 is 0. The van der Waals surface area contributed by atoms with Gasteiger partial charge in [-0.3, -0.25) is 0 Å². The van der Waals surface area contributed by atoms with Gasteiger partial charge in [0.25, 0.3) is 0 Å². The van der Waals surface area contributed by atoms with Crippen molar-refractivity contribution in [1.82, 2.24) is 5.10 Å². The van der Waals surface area contributed by atoms with Gasteiger partial charge in [-0.05, 0) is 37.5 Å². The van der Waals surface area contributed by atoms with Gasteiger partial charge >= 0.3 is 11.7 Å². The van der Waals surface area contributed by atoms with Crippen LogP contribution in [0.3, 0.4) is 0 Å². The fraction of sp³-hybridized carbons (Fsp3) is 0.238. The number of nitrogens with zero attached hydrogens (tertiary/aromatic N) is 1. The fourth-order valence-electron chi connectivity index (χ4n) is 2.92. The summed E-state index contributed by atoms with van der Waals surface area (Å²) in [6, 6.07) is 18.3. The van der Waals surface area contributed by atoms with Crippen LogP contribution in [-0.2, 0) is 27.4 Å². The third-order valence-electron chi connectivity index (χ3n) is 4.34. The largest absolute Gasteiger partial charge is 0.458 e. The van der Waals surface area contributed by atoms with E-state index in [0.29, 0.717) is 11.4 Å². The highest BCUT2D eigenvalue weighted by molar-refractivity contribution is 7.90. The molecule has 0 atom stereocenters. The lowest BCUT2D eigenvalue weighted by Gasteiger charge is -2.00. The van der Waals surface area contributed by atoms with Crippen LogP contribution in [0.15, 0.2) is 65.6 Å². The Labute approximate surface area is 164 Å². The van der Waals surface area contributed by atoms with Gasteiger partial charge in [-0.1, -0.05) is 35.0 Å². The van der Waals surface area contributed by atoms with Crippen molar-refractivity contribution in [1.29, 1.82) is 0 Å². The number of rotatable bonds is 7. The molecule has 0 amide bonds. The van der Waals surface area contributed by atoms with Crippen molar-refractivity contribution in [3.8, 4) is 5.69 Å². The monoisotopic (exact) mass is 399 g/mol. The first-order valence-corrected chi connectivity index (χ1v) is 10.9. The Kier molecular flexibility index (Phi) is 5.94. The highest BCUT2D eigenvalue weighted by Crippen LogP contribution is 2.13. The molecule has 0 saturated carbocycles. The molecule has 1 N–H and O–H groups in total. The van der Waals surface area contributed by atoms with Crippen molar-refractivity contribution in [3.63, 3.8) is 0 Å². The molecule has 3 rings (SSSR count). The molecule has 0 spiro atoms. The normalized spacial score (nSPS) is 11.4. The zero-order valence-electron chi connectivity index (χ0n) is 15.9. The molecule has 1 aromatic heterocycles. The number of nitrogens with one attached hydrogen (secondary N) is 1. The summed E-state index contributed by atoms with van der Waals surface area (Å²) in [6.07, 6.45) is 2.72. The lowest BCUT2D eigenvalue weighted by Crippen LogP contribution is -2.39. The second kappa shape index (κ2) is 8.39. The van der Waals surface area contributed by atoms with E-state index in [1.807, 2.05) is 18.2 Å². The second-order valence-corrected chi connectivity index (χ2v) is 8.49. The molecule has 0 unspecified atom stereocenters. The molecular formula is C21H23N2O4S+. The molecule has 0 aliphatic carbocycles. The lowest BCUT2D eigenvalue weighted by molar-refractivity contribution is -0.658. The number of aromatic nitrogens is 2. The Morgan fingerprint density at radius 2 is 1.71 bits per heavy atom. The maximum atomic E-state index is 12.4. The van der Waals surface area contributed by atoms with E-state index < -0.39 is 15.8 Å². The van der Waals surface area contributed by atoms with Crippen LogP contribution >= 0.6 is 0 Å². The zero-order chi connectivity index (χ0) is 20.1. The maximum Gasteiger partial charge on any atom is 0.406 e. The van der Waals surface area contributed by atoms with Gasteiger partial charge in [-0.25, -0.2) is 13.2 Å². The molecule has 2 aromatic carbocycles. The molecule has 7 heteroatoms. The van der Waals surface area contributed by atoms with Crippen molar-refractivity contribution in [2.45, 2.75) is 24.7 Å². The molecule has 6 nitrogen and oxygen atoms in total. The number of hydrogen-bond acceptors (Lipinski definition) is 4. The molecule has 0 aliphatic heterocycles. The summed E-state index contributed by atoms with van der Waals surface area (Å²) in [5, 5.41) is 3.23. The Hall–Kier alpha value is -2.93. The number of aromatic amines is 1. The van der Waals surface area contributed by atoms with E-state index in [2.05, 4.69) is 17.2 Å². The first-order chi connectivity index (χ1) is 13.4. The topological polar surface area (TPSA) is 80.1 Å². The van der Waals surface area contributed by atoms with E-state index in [0.717, 1.165) is 24.8 Å². The van der Waals surface area contributed by atoms with Crippen LogP contribution in [0.25, 0.3) is 5.69 Å². The minimum Gasteiger partial charge on any atom is -0.458 e. The molecule has 3 aromatic rings. The number of sulfone groups is 1. The summed E-state index contributed by atoms with van der Waals surface area (Å²) in [4.78, 5) is 12.6. The number of hydrogen-bond donors (Lipinski definition) is 1. The SMILES string of the molecule is CCOC(=O)c1cc(CCc2ccccc2)[nH][n+]1-c1ccc(S(C)(=O)=O)cc1. The standard InChI is InChI=1S/C21H22N2O4S/c1-3-27-21(24)20-15-17(10-9-16-7-5-4-6-8-16)22-23(20)18-11-13-19(14-12-18)28(2,25)26/h4-8,11-15H,3,9-10H2,1-2H3/p+1. The third-order valence-corrected chi connectivity index (χ3v) is 5.47. The Bertz CT molecular complexity index is 1060. The van der Waals surface area contributed by atoms with E-state index >= 15 is 0 Å². The van der Waals surface area contributed by atoms with Crippen molar-refractivity contribution < 1.29 is 22.6 Å². The van der Waals surface area contributed by atoms with Gasteiger partial charge in [-0.15, -0.1) is 0 Å². The highest BCUT2D eigenvalue weighted by atomic mass is 32.2. The predicted octanol–water partition coefficient (Wildman–Crippen LogP) is 2.66. The third kappa shape index (κ3) is 4.67. The zero-order valence-corrected chi connectivity index (χ0v) is 16.7. The van der Waals surface area contributed by atoms with Crippen LogP contribution in [0.1, 0.15) is 28.7 Å². The maximum absolute atomic E-state index is 12.4.